The number of alkyl halides is 3. The van der Waals surface area contributed by atoms with E-state index in [2.05, 4.69) is 77.7 Å². The van der Waals surface area contributed by atoms with Gasteiger partial charge >= 0.3 is 6.18 Å². The zero-order valence-electron chi connectivity index (χ0n) is 34.6. The molecule has 308 valence electrons. The number of hydrogen-bond acceptors (Lipinski definition) is 4. The molecule has 0 radical (unpaired) electrons. The van der Waals surface area contributed by atoms with Gasteiger partial charge in [-0.15, -0.1) is 29.3 Å². The number of benzene rings is 5. The molecular weight excluding hydrogens is 937 g/mol. The molecule has 0 unspecified atom stereocenters. The fourth-order valence-corrected chi connectivity index (χ4v) is 7.94. The first-order chi connectivity index (χ1) is 28.1. The second-order valence-corrected chi connectivity index (χ2v) is 16.9. The number of phenolic OH excluding ortho intramolecular Hbond substituents is 1. The Bertz CT molecular complexity index is 2830. The topological polar surface area (TPSA) is 63.8 Å². The monoisotopic (exact) mass is 982 g/mol. The fraction of sp³-hybridized carbons (Fsp3) is 0.235. The quantitative estimate of drug-likeness (QED) is 0.154. The van der Waals surface area contributed by atoms with Crippen molar-refractivity contribution in [3.8, 4) is 56.3 Å². The minimum Gasteiger partial charge on any atom is -0.505 e. The van der Waals surface area contributed by atoms with Crippen molar-refractivity contribution in [1.29, 1.82) is 0 Å². The molecule has 0 amide bonds. The van der Waals surface area contributed by atoms with Crippen LogP contribution in [-0.4, -0.2) is 30.8 Å². The van der Waals surface area contributed by atoms with Crippen LogP contribution in [0, 0.1) is 6.07 Å². The molecule has 0 saturated carbocycles. The Labute approximate surface area is 363 Å². The SMILES string of the molecule is CC(C)c1cccc(C(C)C)c1-n1c(-c2ccc3cccnc3c2O)nc2c(-c3[c-]c(-c4cc(-c5ccccc5)ccn4)cc(C(C)(C)C)c3)cc(CC(F)(F)F)cc21.[Pt]. The summed E-state index contributed by atoms with van der Waals surface area (Å²) in [5.74, 6) is 0.446. The molecule has 0 aliphatic rings. The summed E-state index contributed by atoms with van der Waals surface area (Å²) in [4.78, 5) is 14.6. The first-order valence-corrected chi connectivity index (χ1v) is 20.0. The third-order valence-electron chi connectivity index (χ3n) is 10.9. The largest absolute Gasteiger partial charge is 0.505 e. The van der Waals surface area contributed by atoms with E-state index in [1.54, 1.807) is 24.5 Å². The molecule has 5 nitrogen and oxygen atoms in total. The number of rotatable bonds is 8. The molecule has 3 aromatic heterocycles. The van der Waals surface area contributed by atoms with Crippen molar-refractivity contribution >= 4 is 21.9 Å². The van der Waals surface area contributed by atoms with Gasteiger partial charge in [-0.2, -0.15) is 13.2 Å². The van der Waals surface area contributed by atoms with Gasteiger partial charge in [0, 0.05) is 44.5 Å². The molecule has 0 atom stereocenters. The maximum absolute atomic E-state index is 14.5. The van der Waals surface area contributed by atoms with Crippen molar-refractivity contribution in [3.05, 3.63) is 150 Å². The molecular formula is C51H46F3N4OPt-. The first kappa shape index (κ1) is 42.5. The van der Waals surface area contributed by atoms with Crippen molar-refractivity contribution in [2.75, 3.05) is 0 Å². The van der Waals surface area contributed by atoms with Gasteiger partial charge in [-0.25, -0.2) is 4.98 Å². The second-order valence-electron chi connectivity index (χ2n) is 16.9. The van der Waals surface area contributed by atoms with E-state index in [0.29, 0.717) is 50.3 Å². The Balaban J connectivity index is 0.00000544. The molecule has 0 aliphatic heterocycles. The van der Waals surface area contributed by atoms with Gasteiger partial charge in [0.1, 0.15) is 11.3 Å². The number of aromatic nitrogens is 4. The van der Waals surface area contributed by atoms with Crippen LogP contribution in [0.5, 0.6) is 5.75 Å². The van der Waals surface area contributed by atoms with Crippen LogP contribution in [0.25, 0.3) is 72.5 Å². The third kappa shape index (κ3) is 8.27. The van der Waals surface area contributed by atoms with Crippen LogP contribution in [0.3, 0.4) is 0 Å². The van der Waals surface area contributed by atoms with Gasteiger partial charge in [-0.3, -0.25) is 14.5 Å². The molecule has 5 aromatic carbocycles. The second kappa shape index (κ2) is 16.5. The Hall–Kier alpha value is -5.59. The van der Waals surface area contributed by atoms with Crippen LogP contribution >= 0.6 is 0 Å². The van der Waals surface area contributed by atoms with Gasteiger partial charge in [-0.05, 0) is 69.3 Å². The van der Waals surface area contributed by atoms with E-state index in [4.69, 9.17) is 9.97 Å². The van der Waals surface area contributed by atoms with Gasteiger partial charge in [0.25, 0.3) is 0 Å². The molecule has 8 rings (SSSR count). The predicted octanol–water partition coefficient (Wildman–Crippen LogP) is 13.8. The Morgan fingerprint density at radius 1 is 0.683 bits per heavy atom. The number of halogens is 3. The number of nitrogens with zero attached hydrogens (tertiary/aromatic N) is 4. The standard InChI is InChI=1S/C51H46F3N4O.Pt/c1-30(2)39-16-11-17-40(31(3)4)47(39)58-44-24-32(29-51(52,53)54)23-42(46(44)57-49(58)41-19-18-34-15-12-21-56-45(34)48(41)59)36-25-37(27-38(26-36)50(5,6)7)43-28-35(20-22-55-43)33-13-9-8-10-14-33;/h8-24,26-28,30-31,59H,29H2,1-7H3;/q-1;. The van der Waals surface area contributed by atoms with Crippen LogP contribution in [0.1, 0.15) is 82.6 Å². The molecule has 3 heterocycles. The van der Waals surface area contributed by atoms with Crippen LogP contribution in [0.2, 0.25) is 0 Å². The summed E-state index contributed by atoms with van der Waals surface area (Å²) in [5.41, 5.74) is 9.88. The summed E-state index contributed by atoms with van der Waals surface area (Å²) >= 11 is 0. The minimum absolute atomic E-state index is 0. The van der Waals surface area contributed by atoms with Crippen molar-refractivity contribution < 1.29 is 39.3 Å². The molecule has 8 aromatic rings. The molecule has 9 heteroatoms. The van der Waals surface area contributed by atoms with E-state index in [1.807, 2.05) is 83.4 Å². The average molecular weight is 983 g/mol. The van der Waals surface area contributed by atoms with Gasteiger partial charge in [0.2, 0.25) is 0 Å². The fourth-order valence-electron chi connectivity index (χ4n) is 7.94. The summed E-state index contributed by atoms with van der Waals surface area (Å²) in [6.45, 7) is 14.8. The van der Waals surface area contributed by atoms with Crippen LogP contribution in [0.15, 0.2) is 122 Å². The van der Waals surface area contributed by atoms with Gasteiger partial charge in [-0.1, -0.05) is 132 Å². The third-order valence-corrected chi connectivity index (χ3v) is 10.9. The number of aromatic hydroxyl groups is 1. The maximum Gasteiger partial charge on any atom is 0.393 e. The number of imidazole rings is 1. The maximum atomic E-state index is 14.5. The smallest absolute Gasteiger partial charge is 0.393 e. The minimum atomic E-state index is -4.48. The number of fused-ring (bicyclic) bond motifs is 2. The van der Waals surface area contributed by atoms with Crippen LogP contribution < -0.4 is 0 Å². The zero-order chi connectivity index (χ0) is 41.8. The number of pyridine rings is 2. The Morgan fingerprint density at radius 2 is 1.38 bits per heavy atom. The Morgan fingerprint density at radius 3 is 2.05 bits per heavy atom. The van der Waals surface area contributed by atoms with E-state index in [1.165, 1.54) is 0 Å². The van der Waals surface area contributed by atoms with Crippen molar-refractivity contribution in [2.24, 2.45) is 0 Å². The van der Waals surface area contributed by atoms with Gasteiger partial charge in [0.15, 0.2) is 5.75 Å². The number of para-hydroxylation sites is 1. The van der Waals surface area contributed by atoms with E-state index in [9.17, 15) is 18.3 Å². The first-order valence-electron chi connectivity index (χ1n) is 20.0. The summed E-state index contributed by atoms with van der Waals surface area (Å²) in [5, 5.41) is 12.7. The van der Waals surface area contributed by atoms with Gasteiger partial charge in [0.05, 0.1) is 28.7 Å². The predicted molar refractivity (Wildman–Crippen MR) is 233 cm³/mol. The molecule has 0 spiro atoms. The zero-order valence-corrected chi connectivity index (χ0v) is 36.9. The summed E-state index contributed by atoms with van der Waals surface area (Å²) in [6.07, 6.45) is -2.23. The Kier molecular flexibility index (Phi) is 11.7. The summed E-state index contributed by atoms with van der Waals surface area (Å²) in [6, 6.07) is 38.5. The number of phenols is 1. The van der Waals surface area contributed by atoms with Crippen molar-refractivity contribution in [3.63, 3.8) is 0 Å². The van der Waals surface area contributed by atoms with E-state index in [-0.39, 0.29) is 49.6 Å². The van der Waals surface area contributed by atoms with E-state index in [0.717, 1.165) is 38.9 Å². The van der Waals surface area contributed by atoms with E-state index >= 15 is 0 Å². The van der Waals surface area contributed by atoms with Crippen LogP contribution in [-0.2, 0) is 32.9 Å². The van der Waals surface area contributed by atoms with E-state index < -0.39 is 12.6 Å². The van der Waals surface area contributed by atoms with Crippen molar-refractivity contribution in [2.45, 2.75) is 78.3 Å². The normalized spacial score (nSPS) is 12.1. The molecule has 1 N–H and O–H groups in total. The molecule has 0 fully saturated rings. The average Bonchev–Trinajstić information content (AvgIpc) is 3.58. The van der Waals surface area contributed by atoms with Gasteiger partial charge < -0.3 is 5.11 Å². The molecule has 60 heavy (non-hydrogen) atoms. The number of hydrogen-bond donors (Lipinski definition) is 1. The molecule has 0 saturated heterocycles. The molecule has 0 aliphatic carbocycles. The molecule has 0 bridgehead atoms. The summed E-state index contributed by atoms with van der Waals surface area (Å²) < 4.78 is 45.5. The van der Waals surface area contributed by atoms with Crippen LogP contribution in [0.4, 0.5) is 13.2 Å². The summed E-state index contributed by atoms with van der Waals surface area (Å²) in [7, 11) is 0. The van der Waals surface area contributed by atoms with Crippen molar-refractivity contribution in [1.82, 2.24) is 19.5 Å².